The van der Waals surface area contributed by atoms with Crippen LogP contribution in [-0.4, -0.2) is 45.9 Å². The Morgan fingerprint density at radius 1 is 1.28 bits per heavy atom. The van der Waals surface area contributed by atoms with Gasteiger partial charge in [0.05, 0.1) is 0 Å². The van der Waals surface area contributed by atoms with E-state index >= 15 is 0 Å². The number of fused-ring (bicyclic) bond motifs is 1. The predicted octanol–water partition coefficient (Wildman–Crippen LogP) is 1.40. The lowest BCUT2D eigenvalue weighted by atomic mass is 10.2. The summed E-state index contributed by atoms with van der Waals surface area (Å²) in [6.45, 7) is 7.53. The molecule has 1 aromatic heterocycles. The van der Waals surface area contributed by atoms with Gasteiger partial charge in [0, 0.05) is 32.7 Å². The molecule has 18 heavy (non-hydrogen) atoms. The van der Waals surface area contributed by atoms with Crippen molar-refractivity contribution in [3.05, 3.63) is 11.6 Å². The van der Waals surface area contributed by atoms with Crippen LogP contribution in [0.1, 0.15) is 43.9 Å². The maximum absolute atomic E-state index is 5.74. The van der Waals surface area contributed by atoms with Gasteiger partial charge in [-0.25, -0.2) is 0 Å². The van der Waals surface area contributed by atoms with Crippen LogP contribution in [0.2, 0.25) is 0 Å². The molecule has 1 aromatic rings. The first-order valence-electron chi connectivity index (χ1n) is 7.14. The van der Waals surface area contributed by atoms with Crippen LogP contribution in [0, 0.1) is 0 Å². The third-order valence-electron chi connectivity index (χ3n) is 3.90. The molecule has 0 saturated carbocycles. The largest absolute Gasteiger partial charge is 0.370 e. The van der Waals surface area contributed by atoms with Gasteiger partial charge in [-0.15, -0.1) is 10.2 Å². The van der Waals surface area contributed by atoms with Gasteiger partial charge >= 0.3 is 0 Å². The van der Waals surface area contributed by atoms with Crippen molar-refractivity contribution in [3.63, 3.8) is 0 Å². The minimum absolute atomic E-state index is 0.184. The van der Waals surface area contributed by atoms with Crippen LogP contribution in [0.3, 0.4) is 0 Å². The van der Waals surface area contributed by atoms with Crippen LogP contribution >= 0.6 is 0 Å². The second-order valence-corrected chi connectivity index (χ2v) is 5.22. The Bertz CT molecular complexity index is 398. The van der Waals surface area contributed by atoms with Crippen molar-refractivity contribution in [1.29, 1.82) is 0 Å². The highest BCUT2D eigenvalue weighted by Crippen LogP contribution is 2.28. The number of rotatable bonds is 3. The summed E-state index contributed by atoms with van der Waals surface area (Å²) in [6.07, 6.45) is 4.66. The fraction of sp³-hybridized carbons (Fsp3) is 0.846. The van der Waals surface area contributed by atoms with Gasteiger partial charge in [-0.3, -0.25) is 0 Å². The van der Waals surface area contributed by atoms with Gasteiger partial charge in [0.1, 0.15) is 11.9 Å². The zero-order chi connectivity index (χ0) is 12.4. The fourth-order valence-corrected chi connectivity index (χ4v) is 2.95. The zero-order valence-corrected chi connectivity index (χ0v) is 11.1. The summed E-state index contributed by atoms with van der Waals surface area (Å²) < 4.78 is 8.04. The maximum atomic E-state index is 5.74. The summed E-state index contributed by atoms with van der Waals surface area (Å²) in [5.41, 5.74) is 0. The molecule has 1 unspecified atom stereocenters. The molecule has 0 aromatic carbocycles. The average molecular weight is 250 g/mol. The molecule has 2 aliphatic heterocycles. The normalized spacial score (nSPS) is 25.1. The Balaban J connectivity index is 1.75. The summed E-state index contributed by atoms with van der Waals surface area (Å²) in [6, 6.07) is 0. The monoisotopic (exact) mass is 250 g/mol. The number of hydrogen-bond donors (Lipinski definition) is 0. The highest BCUT2D eigenvalue weighted by molar-refractivity contribution is 5.02. The Hall–Kier alpha value is -0.940. The van der Waals surface area contributed by atoms with Gasteiger partial charge in [-0.05, 0) is 25.8 Å². The summed E-state index contributed by atoms with van der Waals surface area (Å²) in [5.74, 6) is 2.19. The molecule has 0 N–H and O–H groups in total. The van der Waals surface area contributed by atoms with Crippen molar-refractivity contribution < 1.29 is 4.74 Å². The molecule has 3 heterocycles. The predicted molar refractivity (Wildman–Crippen MR) is 68.4 cm³/mol. The third kappa shape index (κ3) is 2.29. The van der Waals surface area contributed by atoms with E-state index in [0.29, 0.717) is 0 Å². The van der Waals surface area contributed by atoms with Crippen LogP contribution < -0.4 is 0 Å². The second kappa shape index (κ2) is 5.36. The zero-order valence-electron chi connectivity index (χ0n) is 11.1. The van der Waals surface area contributed by atoms with Crippen molar-refractivity contribution in [3.8, 4) is 0 Å². The molecule has 2 aliphatic rings. The molecular formula is C13H22N4O. The smallest absolute Gasteiger partial charge is 0.162 e. The SMILES string of the molecule is CCCN1CCc2nnc(C3CCCO3)n2CC1. The molecule has 100 valence electrons. The first-order valence-corrected chi connectivity index (χ1v) is 7.14. The molecule has 1 fully saturated rings. The Labute approximate surface area is 108 Å². The van der Waals surface area contributed by atoms with Crippen molar-refractivity contribution in [2.45, 2.75) is 45.3 Å². The molecular weight excluding hydrogens is 228 g/mol. The van der Waals surface area contributed by atoms with Crippen molar-refractivity contribution in [2.24, 2.45) is 0 Å². The average Bonchev–Trinajstić information content (AvgIpc) is 2.98. The molecule has 0 amide bonds. The highest BCUT2D eigenvalue weighted by Gasteiger charge is 2.26. The van der Waals surface area contributed by atoms with Gasteiger partial charge in [-0.1, -0.05) is 6.92 Å². The van der Waals surface area contributed by atoms with E-state index in [1.54, 1.807) is 0 Å². The quantitative estimate of drug-likeness (QED) is 0.813. The Morgan fingerprint density at radius 3 is 3.00 bits per heavy atom. The van der Waals surface area contributed by atoms with Crippen molar-refractivity contribution in [2.75, 3.05) is 26.2 Å². The van der Waals surface area contributed by atoms with E-state index in [0.717, 1.165) is 57.2 Å². The molecule has 1 saturated heterocycles. The van der Waals surface area contributed by atoms with Gasteiger partial charge in [0.2, 0.25) is 0 Å². The standard InChI is InChI=1S/C13H22N4O/c1-2-6-16-7-5-12-14-15-13(17(12)9-8-16)11-4-3-10-18-11/h11H,2-10H2,1H3. The van der Waals surface area contributed by atoms with Gasteiger partial charge in [0.15, 0.2) is 5.82 Å². The third-order valence-corrected chi connectivity index (χ3v) is 3.90. The lowest BCUT2D eigenvalue weighted by molar-refractivity contribution is 0.101. The summed E-state index contributed by atoms with van der Waals surface area (Å²) in [7, 11) is 0. The molecule has 0 radical (unpaired) electrons. The summed E-state index contributed by atoms with van der Waals surface area (Å²) in [5, 5.41) is 8.72. The number of ether oxygens (including phenoxy) is 1. The Kier molecular flexibility index (Phi) is 3.61. The van der Waals surface area contributed by atoms with Gasteiger partial charge in [0.25, 0.3) is 0 Å². The van der Waals surface area contributed by atoms with Crippen LogP contribution in [0.15, 0.2) is 0 Å². The maximum Gasteiger partial charge on any atom is 0.162 e. The van der Waals surface area contributed by atoms with E-state index in [2.05, 4.69) is 26.6 Å². The lowest BCUT2D eigenvalue weighted by Gasteiger charge is -2.18. The highest BCUT2D eigenvalue weighted by atomic mass is 16.5. The molecule has 1 atom stereocenters. The van der Waals surface area contributed by atoms with E-state index in [-0.39, 0.29) is 6.10 Å². The van der Waals surface area contributed by atoms with E-state index < -0.39 is 0 Å². The number of nitrogens with zero attached hydrogens (tertiary/aromatic N) is 4. The van der Waals surface area contributed by atoms with E-state index in [4.69, 9.17) is 4.74 Å². The first-order chi connectivity index (χ1) is 8.88. The molecule has 3 rings (SSSR count). The molecule has 5 heteroatoms. The molecule has 5 nitrogen and oxygen atoms in total. The van der Waals surface area contributed by atoms with Crippen LogP contribution in [0.25, 0.3) is 0 Å². The minimum atomic E-state index is 0.184. The Morgan fingerprint density at radius 2 is 2.22 bits per heavy atom. The summed E-state index contributed by atoms with van der Waals surface area (Å²) in [4.78, 5) is 2.52. The minimum Gasteiger partial charge on any atom is -0.370 e. The van der Waals surface area contributed by atoms with E-state index in [1.807, 2.05) is 0 Å². The van der Waals surface area contributed by atoms with Gasteiger partial charge in [-0.2, -0.15) is 0 Å². The van der Waals surface area contributed by atoms with Crippen molar-refractivity contribution >= 4 is 0 Å². The topological polar surface area (TPSA) is 43.2 Å². The van der Waals surface area contributed by atoms with Crippen molar-refractivity contribution in [1.82, 2.24) is 19.7 Å². The van der Waals surface area contributed by atoms with Crippen LogP contribution in [0.4, 0.5) is 0 Å². The second-order valence-electron chi connectivity index (χ2n) is 5.22. The summed E-state index contributed by atoms with van der Waals surface area (Å²) >= 11 is 0. The molecule has 0 bridgehead atoms. The van der Waals surface area contributed by atoms with Gasteiger partial charge < -0.3 is 14.2 Å². The number of aromatic nitrogens is 3. The lowest BCUT2D eigenvalue weighted by Crippen LogP contribution is -2.28. The van der Waals surface area contributed by atoms with E-state index in [1.165, 1.54) is 13.0 Å². The first kappa shape index (κ1) is 12.1. The fourth-order valence-electron chi connectivity index (χ4n) is 2.95. The van der Waals surface area contributed by atoms with E-state index in [9.17, 15) is 0 Å². The molecule has 0 aliphatic carbocycles. The molecule has 0 spiro atoms. The number of hydrogen-bond acceptors (Lipinski definition) is 4. The van der Waals surface area contributed by atoms with Crippen LogP contribution in [-0.2, 0) is 17.7 Å². The van der Waals surface area contributed by atoms with Crippen LogP contribution in [0.5, 0.6) is 0 Å².